The highest BCUT2D eigenvalue weighted by molar-refractivity contribution is 5.81. The van der Waals surface area contributed by atoms with Crippen molar-refractivity contribution in [3.05, 3.63) is 52.7 Å². The van der Waals surface area contributed by atoms with Gasteiger partial charge in [0.1, 0.15) is 6.10 Å². The highest BCUT2D eigenvalue weighted by atomic mass is 16.5. The average molecular weight is 393 g/mol. The van der Waals surface area contributed by atoms with Crippen LogP contribution in [-0.2, 0) is 9.53 Å². The van der Waals surface area contributed by atoms with Gasteiger partial charge in [-0.15, -0.1) is 0 Å². The minimum Gasteiger partial charge on any atom is -0.368 e. The van der Waals surface area contributed by atoms with E-state index in [2.05, 4.69) is 10.1 Å². The zero-order valence-corrected chi connectivity index (χ0v) is 16.1. The van der Waals surface area contributed by atoms with Gasteiger partial charge in [-0.05, 0) is 37.8 Å². The van der Waals surface area contributed by atoms with E-state index in [1.165, 1.54) is 4.52 Å². The molecular weight excluding hydrogens is 370 g/mol. The maximum atomic E-state index is 12.6. The van der Waals surface area contributed by atoms with Crippen LogP contribution in [0.5, 0.6) is 0 Å². The number of rotatable bonds is 3. The summed E-state index contributed by atoms with van der Waals surface area (Å²) in [6.45, 7) is 2.04. The van der Waals surface area contributed by atoms with Gasteiger partial charge in [-0.3, -0.25) is 19.7 Å². The maximum Gasteiger partial charge on any atom is 0.272 e. The molecule has 1 atom stereocenters. The molecule has 1 N–H and O–H groups in total. The first kappa shape index (κ1) is 18.1. The Kier molecular flexibility index (Phi) is 4.63. The van der Waals surface area contributed by atoms with Gasteiger partial charge in [-0.1, -0.05) is 0 Å². The van der Waals surface area contributed by atoms with Crippen LogP contribution in [0.3, 0.4) is 0 Å². The van der Waals surface area contributed by atoms with Crippen molar-refractivity contribution in [3.63, 3.8) is 0 Å². The predicted octanol–water partition coefficient (Wildman–Crippen LogP) is 1.97. The first-order chi connectivity index (χ1) is 14.2. The maximum absolute atomic E-state index is 12.6. The van der Waals surface area contributed by atoms with Crippen molar-refractivity contribution in [2.75, 3.05) is 19.7 Å². The van der Waals surface area contributed by atoms with E-state index < -0.39 is 0 Å². The molecule has 8 nitrogen and oxygen atoms in total. The van der Waals surface area contributed by atoms with Crippen molar-refractivity contribution in [1.82, 2.24) is 24.5 Å². The third-order valence-electron chi connectivity index (χ3n) is 5.87. The molecule has 0 aromatic carbocycles. The summed E-state index contributed by atoms with van der Waals surface area (Å²) in [6.07, 6.45) is 6.58. The van der Waals surface area contributed by atoms with Gasteiger partial charge < -0.3 is 9.64 Å². The second-order valence-corrected chi connectivity index (χ2v) is 7.73. The molecule has 3 aromatic rings. The number of aromatic amines is 1. The monoisotopic (exact) mass is 393 g/mol. The fourth-order valence-electron chi connectivity index (χ4n) is 4.26. The van der Waals surface area contributed by atoms with Gasteiger partial charge in [-0.2, -0.15) is 0 Å². The van der Waals surface area contributed by atoms with Crippen molar-refractivity contribution < 1.29 is 9.53 Å². The smallest absolute Gasteiger partial charge is 0.272 e. The van der Waals surface area contributed by atoms with Gasteiger partial charge in [0, 0.05) is 55.7 Å². The van der Waals surface area contributed by atoms with Crippen LogP contribution in [0.15, 0.2) is 41.5 Å². The molecule has 0 aliphatic carbocycles. The van der Waals surface area contributed by atoms with E-state index in [4.69, 9.17) is 9.72 Å². The number of H-pyrrole nitrogens is 1. The van der Waals surface area contributed by atoms with Crippen molar-refractivity contribution in [2.24, 2.45) is 0 Å². The van der Waals surface area contributed by atoms with Crippen LogP contribution in [0.2, 0.25) is 0 Å². The Morgan fingerprint density at radius 3 is 2.79 bits per heavy atom. The lowest BCUT2D eigenvalue weighted by Crippen LogP contribution is -2.43. The standard InChI is InChI=1S/C21H23N5O3/c27-20-12-16(14-5-8-25(9-6-14)21(28)18-4-2-10-29-18)23-19-11-17(24-26(19)20)15-3-1-7-22-13-15/h1,3,7,11-14,18,24H,2,4-6,8-10H2. The Labute approximate surface area is 167 Å². The van der Waals surface area contributed by atoms with E-state index in [9.17, 15) is 9.59 Å². The fraction of sp³-hybridized carbons (Fsp3) is 0.429. The van der Waals surface area contributed by atoms with E-state index in [0.29, 0.717) is 25.3 Å². The average Bonchev–Trinajstić information content (AvgIpc) is 3.44. The number of pyridine rings is 1. The molecule has 0 radical (unpaired) electrons. The molecule has 0 saturated carbocycles. The number of fused-ring (bicyclic) bond motifs is 1. The summed E-state index contributed by atoms with van der Waals surface area (Å²) in [7, 11) is 0. The van der Waals surface area contributed by atoms with Crippen LogP contribution < -0.4 is 5.56 Å². The second kappa shape index (κ2) is 7.44. The third-order valence-corrected chi connectivity index (χ3v) is 5.87. The van der Waals surface area contributed by atoms with Gasteiger partial charge in [0.2, 0.25) is 0 Å². The number of ether oxygens (including phenoxy) is 1. The topological polar surface area (TPSA) is 92.6 Å². The molecule has 2 saturated heterocycles. The summed E-state index contributed by atoms with van der Waals surface area (Å²) in [5.41, 5.74) is 2.98. The van der Waals surface area contributed by atoms with E-state index in [0.717, 1.165) is 42.6 Å². The molecule has 8 heteroatoms. The number of aromatic nitrogens is 4. The van der Waals surface area contributed by atoms with E-state index in [1.54, 1.807) is 18.5 Å². The molecule has 5 heterocycles. The van der Waals surface area contributed by atoms with Crippen LogP contribution >= 0.6 is 0 Å². The Morgan fingerprint density at radius 1 is 1.21 bits per heavy atom. The fourth-order valence-corrected chi connectivity index (χ4v) is 4.26. The summed E-state index contributed by atoms with van der Waals surface area (Å²) in [6, 6.07) is 7.27. The van der Waals surface area contributed by atoms with Crippen LogP contribution in [0.25, 0.3) is 16.9 Å². The number of likely N-dealkylation sites (tertiary alicyclic amines) is 1. The number of hydrogen-bond acceptors (Lipinski definition) is 5. The lowest BCUT2D eigenvalue weighted by molar-refractivity contribution is -0.142. The second-order valence-electron chi connectivity index (χ2n) is 7.73. The minimum absolute atomic E-state index is 0.108. The summed E-state index contributed by atoms with van der Waals surface area (Å²) < 4.78 is 6.99. The molecule has 0 bridgehead atoms. The van der Waals surface area contributed by atoms with Crippen molar-refractivity contribution >= 4 is 11.6 Å². The third kappa shape index (κ3) is 3.44. The van der Waals surface area contributed by atoms with Crippen molar-refractivity contribution in [2.45, 2.75) is 37.7 Å². The lowest BCUT2D eigenvalue weighted by Gasteiger charge is -2.33. The summed E-state index contributed by atoms with van der Waals surface area (Å²) in [5, 5.41) is 3.10. The van der Waals surface area contributed by atoms with Crippen LogP contribution in [-0.4, -0.2) is 56.2 Å². The molecule has 5 rings (SSSR count). The number of nitrogens with one attached hydrogen (secondary N) is 1. The van der Waals surface area contributed by atoms with Gasteiger partial charge in [0.25, 0.3) is 11.5 Å². The van der Waals surface area contributed by atoms with Crippen molar-refractivity contribution in [3.8, 4) is 11.3 Å². The Hall–Kier alpha value is -3.00. The molecule has 2 aliphatic rings. The van der Waals surface area contributed by atoms with E-state index in [-0.39, 0.29) is 23.5 Å². The largest absolute Gasteiger partial charge is 0.368 e. The number of piperidine rings is 1. The lowest BCUT2D eigenvalue weighted by atomic mass is 9.93. The van der Waals surface area contributed by atoms with Crippen LogP contribution in [0.4, 0.5) is 0 Å². The zero-order chi connectivity index (χ0) is 19.8. The van der Waals surface area contributed by atoms with E-state index in [1.807, 2.05) is 23.1 Å². The Bertz CT molecular complexity index is 1080. The normalized spacial score (nSPS) is 20.4. The molecule has 2 aliphatic heterocycles. The number of amides is 1. The molecule has 1 unspecified atom stereocenters. The highest BCUT2D eigenvalue weighted by Crippen LogP contribution is 2.28. The molecule has 150 valence electrons. The molecule has 2 fully saturated rings. The molecule has 1 amide bonds. The SMILES string of the molecule is O=C(C1CCCO1)N1CCC(c2cc(=O)n3[nH]c(-c4cccnc4)cc3n2)CC1. The minimum atomic E-state index is -0.267. The Morgan fingerprint density at radius 2 is 2.07 bits per heavy atom. The van der Waals surface area contributed by atoms with Gasteiger partial charge in [-0.25, -0.2) is 9.50 Å². The van der Waals surface area contributed by atoms with Crippen LogP contribution in [0, 0.1) is 0 Å². The van der Waals surface area contributed by atoms with Gasteiger partial charge in [0.05, 0.1) is 11.4 Å². The highest BCUT2D eigenvalue weighted by Gasteiger charge is 2.31. The number of nitrogens with zero attached hydrogens (tertiary/aromatic N) is 4. The quantitative estimate of drug-likeness (QED) is 0.734. The summed E-state index contributed by atoms with van der Waals surface area (Å²) in [4.78, 5) is 35.9. The number of carbonyl (C=O) groups excluding carboxylic acids is 1. The van der Waals surface area contributed by atoms with Gasteiger partial charge >= 0.3 is 0 Å². The first-order valence-electron chi connectivity index (χ1n) is 10.1. The number of hydrogen-bond donors (Lipinski definition) is 1. The van der Waals surface area contributed by atoms with E-state index >= 15 is 0 Å². The summed E-state index contributed by atoms with van der Waals surface area (Å²) >= 11 is 0. The molecule has 29 heavy (non-hydrogen) atoms. The zero-order valence-electron chi connectivity index (χ0n) is 16.1. The van der Waals surface area contributed by atoms with Crippen molar-refractivity contribution in [1.29, 1.82) is 0 Å². The van der Waals surface area contributed by atoms with Gasteiger partial charge in [0.15, 0.2) is 5.65 Å². The Balaban J connectivity index is 1.34. The first-order valence-corrected chi connectivity index (χ1v) is 10.1. The molecule has 3 aromatic heterocycles. The molecule has 0 spiro atoms. The molecular formula is C21H23N5O3. The predicted molar refractivity (Wildman–Crippen MR) is 107 cm³/mol. The van der Waals surface area contributed by atoms with Crippen LogP contribution in [0.1, 0.15) is 37.3 Å². The summed E-state index contributed by atoms with van der Waals surface area (Å²) in [5.74, 6) is 0.286. The number of carbonyl (C=O) groups is 1.